The molecule has 0 saturated heterocycles. The van der Waals surface area contributed by atoms with Crippen LogP contribution >= 0.6 is 15.9 Å². The fourth-order valence-electron chi connectivity index (χ4n) is 2.35. The van der Waals surface area contributed by atoms with Crippen molar-refractivity contribution >= 4 is 15.9 Å². The van der Waals surface area contributed by atoms with Gasteiger partial charge in [0.15, 0.2) is 0 Å². The molecule has 0 spiro atoms. The van der Waals surface area contributed by atoms with Crippen molar-refractivity contribution < 1.29 is 4.74 Å². The lowest BCUT2D eigenvalue weighted by Gasteiger charge is -2.27. The van der Waals surface area contributed by atoms with E-state index in [2.05, 4.69) is 27.8 Å². The van der Waals surface area contributed by atoms with Crippen molar-refractivity contribution in [1.29, 1.82) is 0 Å². The van der Waals surface area contributed by atoms with Crippen molar-refractivity contribution in [1.82, 2.24) is 4.98 Å². The zero-order valence-corrected chi connectivity index (χ0v) is 11.2. The number of pyridine rings is 1. The summed E-state index contributed by atoms with van der Waals surface area (Å²) in [6, 6.07) is 5.79. The largest absolute Gasteiger partial charge is 0.474 e. The molecule has 1 aromatic heterocycles. The minimum atomic E-state index is 0.280. The predicted molar refractivity (Wildman–Crippen MR) is 68.6 cm³/mol. The van der Waals surface area contributed by atoms with Gasteiger partial charge in [-0.25, -0.2) is 4.98 Å². The summed E-state index contributed by atoms with van der Waals surface area (Å²) in [6.45, 7) is 2.17. The lowest BCUT2D eigenvalue weighted by atomic mass is 9.86. The van der Waals surface area contributed by atoms with Crippen LogP contribution in [-0.2, 0) is 0 Å². The minimum absolute atomic E-state index is 0.280. The third kappa shape index (κ3) is 3.21. The quantitative estimate of drug-likeness (QED) is 0.776. The van der Waals surface area contributed by atoms with E-state index in [0.717, 1.165) is 10.5 Å². The Morgan fingerprint density at radius 2 is 2.06 bits per heavy atom. The first-order valence-corrected chi connectivity index (χ1v) is 6.84. The molecular formula is C13H18BrNO. The van der Waals surface area contributed by atoms with Gasteiger partial charge in [-0.3, -0.25) is 0 Å². The van der Waals surface area contributed by atoms with Gasteiger partial charge < -0.3 is 4.74 Å². The van der Waals surface area contributed by atoms with Crippen LogP contribution in [0.15, 0.2) is 22.8 Å². The Kier molecular flexibility index (Phi) is 4.22. The van der Waals surface area contributed by atoms with Gasteiger partial charge in [-0.1, -0.05) is 25.3 Å². The van der Waals surface area contributed by atoms with Crippen LogP contribution in [0, 0.1) is 5.92 Å². The zero-order chi connectivity index (χ0) is 11.4. The van der Waals surface area contributed by atoms with Crippen LogP contribution in [0.4, 0.5) is 0 Å². The smallest absolute Gasteiger partial charge is 0.214 e. The lowest BCUT2D eigenvalue weighted by molar-refractivity contribution is 0.118. The molecule has 2 nitrogen and oxygen atoms in total. The van der Waals surface area contributed by atoms with E-state index in [-0.39, 0.29) is 6.10 Å². The molecule has 1 aliphatic rings. The first kappa shape index (κ1) is 11.9. The third-order valence-corrected chi connectivity index (χ3v) is 3.75. The molecule has 1 unspecified atom stereocenters. The van der Waals surface area contributed by atoms with Gasteiger partial charge in [-0.2, -0.15) is 0 Å². The maximum absolute atomic E-state index is 5.89. The van der Waals surface area contributed by atoms with E-state index in [1.165, 1.54) is 32.1 Å². The van der Waals surface area contributed by atoms with Crippen LogP contribution in [0.1, 0.15) is 39.0 Å². The number of aromatic nitrogens is 1. The van der Waals surface area contributed by atoms with Crippen LogP contribution < -0.4 is 4.74 Å². The molecule has 2 rings (SSSR count). The fraction of sp³-hybridized carbons (Fsp3) is 0.615. The molecule has 0 aromatic carbocycles. The van der Waals surface area contributed by atoms with Crippen LogP contribution in [0.25, 0.3) is 0 Å². The number of halogens is 1. The van der Waals surface area contributed by atoms with E-state index in [0.29, 0.717) is 5.92 Å². The normalized spacial score (nSPS) is 19.4. The summed E-state index contributed by atoms with van der Waals surface area (Å²) in [5.41, 5.74) is 0. The predicted octanol–water partition coefficient (Wildman–Crippen LogP) is 4.19. The topological polar surface area (TPSA) is 22.1 Å². The molecule has 16 heavy (non-hydrogen) atoms. The Balaban J connectivity index is 1.93. The Morgan fingerprint density at radius 3 is 2.75 bits per heavy atom. The van der Waals surface area contributed by atoms with E-state index >= 15 is 0 Å². The summed E-state index contributed by atoms with van der Waals surface area (Å²) < 4.78 is 6.73. The van der Waals surface area contributed by atoms with Gasteiger partial charge in [0.25, 0.3) is 0 Å². The van der Waals surface area contributed by atoms with Gasteiger partial charge in [0.1, 0.15) is 10.7 Å². The highest BCUT2D eigenvalue weighted by atomic mass is 79.9. The van der Waals surface area contributed by atoms with Gasteiger partial charge in [0.2, 0.25) is 5.88 Å². The van der Waals surface area contributed by atoms with E-state index in [9.17, 15) is 0 Å². The molecule has 88 valence electrons. The number of hydrogen-bond donors (Lipinski definition) is 0. The standard InChI is InChI=1S/C13H18BrNO/c1-10(11-6-3-2-4-7-11)16-13-9-5-8-12(14)15-13/h5,8-11H,2-4,6-7H2,1H3. The number of ether oxygens (including phenoxy) is 1. The summed E-state index contributed by atoms with van der Waals surface area (Å²) in [5, 5.41) is 0. The van der Waals surface area contributed by atoms with E-state index in [1.807, 2.05) is 18.2 Å². The summed E-state index contributed by atoms with van der Waals surface area (Å²) >= 11 is 3.36. The monoisotopic (exact) mass is 283 g/mol. The highest BCUT2D eigenvalue weighted by molar-refractivity contribution is 9.10. The van der Waals surface area contributed by atoms with Crippen LogP contribution in [0.2, 0.25) is 0 Å². The maximum Gasteiger partial charge on any atom is 0.214 e. The Morgan fingerprint density at radius 1 is 1.31 bits per heavy atom. The van der Waals surface area contributed by atoms with Gasteiger partial charge in [-0.05, 0) is 47.7 Å². The molecular weight excluding hydrogens is 266 g/mol. The average Bonchev–Trinajstić information content (AvgIpc) is 2.30. The van der Waals surface area contributed by atoms with Gasteiger partial charge in [0, 0.05) is 6.07 Å². The summed E-state index contributed by atoms with van der Waals surface area (Å²) in [4.78, 5) is 4.30. The number of nitrogens with zero attached hydrogens (tertiary/aromatic N) is 1. The number of hydrogen-bond acceptors (Lipinski definition) is 2. The highest BCUT2D eigenvalue weighted by Crippen LogP contribution is 2.28. The Labute approximate surface area is 106 Å². The van der Waals surface area contributed by atoms with Crippen molar-refractivity contribution in [2.45, 2.75) is 45.1 Å². The van der Waals surface area contributed by atoms with Crippen molar-refractivity contribution in [2.75, 3.05) is 0 Å². The molecule has 3 heteroatoms. The first-order chi connectivity index (χ1) is 7.75. The SMILES string of the molecule is CC(Oc1cccc(Br)n1)C1CCCCC1. The fourth-order valence-corrected chi connectivity index (χ4v) is 2.67. The molecule has 1 heterocycles. The summed E-state index contributed by atoms with van der Waals surface area (Å²) in [5.74, 6) is 1.43. The van der Waals surface area contributed by atoms with E-state index in [1.54, 1.807) is 0 Å². The maximum atomic E-state index is 5.89. The first-order valence-electron chi connectivity index (χ1n) is 6.05. The Bertz CT molecular complexity index is 336. The third-order valence-electron chi connectivity index (χ3n) is 3.31. The second-order valence-corrected chi connectivity index (χ2v) is 5.33. The van der Waals surface area contributed by atoms with E-state index < -0.39 is 0 Å². The average molecular weight is 284 g/mol. The highest BCUT2D eigenvalue weighted by Gasteiger charge is 2.21. The number of rotatable bonds is 3. The molecule has 1 atom stereocenters. The molecule has 1 aliphatic carbocycles. The van der Waals surface area contributed by atoms with Crippen molar-refractivity contribution in [3.8, 4) is 5.88 Å². The lowest BCUT2D eigenvalue weighted by Crippen LogP contribution is -2.26. The molecule has 1 fully saturated rings. The molecule has 0 radical (unpaired) electrons. The summed E-state index contributed by atoms with van der Waals surface area (Å²) in [6.07, 6.45) is 6.97. The second-order valence-electron chi connectivity index (χ2n) is 4.52. The molecule has 0 amide bonds. The van der Waals surface area contributed by atoms with Gasteiger partial charge >= 0.3 is 0 Å². The van der Waals surface area contributed by atoms with Crippen LogP contribution in [0.3, 0.4) is 0 Å². The van der Waals surface area contributed by atoms with E-state index in [4.69, 9.17) is 4.74 Å². The van der Waals surface area contributed by atoms with Crippen molar-refractivity contribution in [2.24, 2.45) is 5.92 Å². The molecule has 1 saturated carbocycles. The van der Waals surface area contributed by atoms with Crippen LogP contribution in [-0.4, -0.2) is 11.1 Å². The molecule has 1 aromatic rings. The molecule has 0 aliphatic heterocycles. The molecule has 0 N–H and O–H groups in total. The van der Waals surface area contributed by atoms with Gasteiger partial charge in [0.05, 0.1) is 0 Å². The second kappa shape index (κ2) is 5.67. The van der Waals surface area contributed by atoms with Crippen LogP contribution in [0.5, 0.6) is 5.88 Å². The summed E-state index contributed by atoms with van der Waals surface area (Å²) in [7, 11) is 0. The van der Waals surface area contributed by atoms with Gasteiger partial charge in [-0.15, -0.1) is 0 Å². The molecule has 0 bridgehead atoms. The Hall–Kier alpha value is -0.570. The minimum Gasteiger partial charge on any atom is -0.474 e. The zero-order valence-electron chi connectivity index (χ0n) is 9.66. The van der Waals surface area contributed by atoms with Crippen molar-refractivity contribution in [3.05, 3.63) is 22.8 Å². The van der Waals surface area contributed by atoms with Crippen molar-refractivity contribution in [3.63, 3.8) is 0 Å².